The molecule has 0 amide bonds. The molecule has 30 heavy (non-hydrogen) atoms. The Kier molecular flexibility index (Phi) is 5.20. The molecule has 0 unspecified atom stereocenters. The topological polar surface area (TPSA) is 115 Å². The summed E-state index contributed by atoms with van der Waals surface area (Å²) < 4.78 is 69.5. The minimum atomic E-state index is -4.11. The number of alkyl halides is 2. The van der Waals surface area contributed by atoms with E-state index in [0.717, 1.165) is 11.1 Å². The largest absolute Gasteiger partial charge is 0.481 e. The summed E-state index contributed by atoms with van der Waals surface area (Å²) in [6, 6.07) is 3.51. The number of aromatic nitrogens is 3. The maximum Gasteiger partial charge on any atom is 0.266 e. The van der Waals surface area contributed by atoms with Crippen LogP contribution in [0.3, 0.4) is 0 Å². The number of rotatable bonds is 7. The van der Waals surface area contributed by atoms with E-state index in [4.69, 9.17) is 14.2 Å². The SMILES string of the molecule is COc1nc(NS(=O)(=O)c2c[nH]c3c4c(ccc23)COC4)nc(OC)c1CC(F)F. The average molecular weight is 440 g/mol. The molecule has 0 radical (unpaired) electrons. The van der Waals surface area contributed by atoms with E-state index >= 15 is 0 Å². The van der Waals surface area contributed by atoms with Crippen LogP contribution in [-0.2, 0) is 34.4 Å². The third kappa shape index (κ3) is 3.52. The number of sulfonamides is 1. The number of benzene rings is 1. The van der Waals surface area contributed by atoms with E-state index in [1.807, 2.05) is 6.07 Å². The number of fused-ring (bicyclic) bond motifs is 3. The van der Waals surface area contributed by atoms with Crippen molar-refractivity contribution in [3.8, 4) is 11.8 Å². The molecule has 3 heterocycles. The molecule has 3 aromatic rings. The highest BCUT2D eigenvalue weighted by atomic mass is 32.2. The van der Waals surface area contributed by atoms with E-state index in [9.17, 15) is 17.2 Å². The predicted octanol–water partition coefficient (Wildman–Crippen LogP) is 2.61. The fourth-order valence-electron chi connectivity index (χ4n) is 3.39. The molecule has 2 N–H and O–H groups in total. The van der Waals surface area contributed by atoms with Gasteiger partial charge in [0.25, 0.3) is 10.0 Å². The highest BCUT2D eigenvalue weighted by molar-refractivity contribution is 7.93. The molecule has 0 atom stereocenters. The maximum absolute atomic E-state index is 13.0. The summed E-state index contributed by atoms with van der Waals surface area (Å²) in [7, 11) is -1.64. The molecule has 2 aromatic heterocycles. The Morgan fingerprint density at radius 2 is 1.90 bits per heavy atom. The van der Waals surface area contributed by atoms with Gasteiger partial charge >= 0.3 is 0 Å². The first-order valence-corrected chi connectivity index (χ1v) is 10.3. The summed E-state index contributed by atoms with van der Waals surface area (Å²) >= 11 is 0. The van der Waals surface area contributed by atoms with Crippen LogP contribution in [0.5, 0.6) is 11.8 Å². The van der Waals surface area contributed by atoms with Crippen LogP contribution in [0.25, 0.3) is 10.9 Å². The lowest BCUT2D eigenvalue weighted by Gasteiger charge is -2.13. The van der Waals surface area contributed by atoms with Crippen LogP contribution in [0, 0.1) is 0 Å². The second-order valence-electron chi connectivity index (χ2n) is 6.52. The van der Waals surface area contributed by atoms with E-state index < -0.39 is 22.9 Å². The second kappa shape index (κ2) is 7.69. The number of nitrogens with one attached hydrogen (secondary N) is 2. The van der Waals surface area contributed by atoms with Crippen LogP contribution in [0.4, 0.5) is 14.7 Å². The molecule has 4 rings (SSSR count). The number of hydrogen-bond donors (Lipinski definition) is 2. The molecule has 12 heteroatoms. The first-order valence-electron chi connectivity index (χ1n) is 8.83. The van der Waals surface area contributed by atoms with Gasteiger partial charge in [-0.15, -0.1) is 0 Å². The summed E-state index contributed by atoms with van der Waals surface area (Å²) in [6.45, 7) is 0.867. The third-order valence-corrected chi connectivity index (χ3v) is 6.09. The van der Waals surface area contributed by atoms with Gasteiger partial charge in [0.15, 0.2) is 0 Å². The van der Waals surface area contributed by atoms with Gasteiger partial charge in [-0.1, -0.05) is 12.1 Å². The molecule has 1 aromatic carbocycles. The van der Waals surface area contributed by atoms with Gasteiger partial charge < -0.3 is 19.2 Å². The Hall–Kier alpha value is -2.99. The molecule has 0 aliphatic carbocycles. The Labute approximate surface area is 170 Å². The van der Waals surface area contributed by atoms with Crippen LogP contribution < -0.4 is 14.2 Å². The lowest BCUT2D eigenvalue weighted by atomic mass is 10.1. The summed E-state index contributed by atoms with van der Waals surface area (Å²) in [4.78, 5) is 10.8. The zero-order chi connectivity index (χ0) is 21.5. The first-order chi connectivity index (χ1) is 14.3. The molecule has 1 aliphatic heterocycles. The Bertz CT molecular complexity index is 1190. The number of anilines is 1. The van der Waals surface area contributed by atoms with Crippen molar-refractivity contribution in [1.82, 2.24) is 15.0 Å². The smallest absolute Gasteiger partial charge is 0.266 e. The molecule has 0 saturated carbocycles. The van der Waals surface area contributed by atoms with Crippen LogP contribution in [0.1, 0.15) is 16.7 Å². The number of nitrogens with zero attached hydrogens (tertiary/aromatic N) is 2. The highest BCUT2D eigenvalue weighted by Crippen LogP contribution is 2.33. The van der Waals surface area contributed by atoms with Gasteiger partial charge in [-0.05, 0) is 5.56 Å². The Morgan fingerprint density at radius 1 is 1.20 bits per heavy atom. The van der Waals surface area contributed by atoms with Crippen molar-refractivity contribution in [2.75, 3.05) is 18.9 Å². The van der Waals surface area contributed by atoms with Gasteiger partial charge in [0.05, 0.1) is 38.5 Å². The lowest BCUT2D eigenvalue weighted by Crippen LogP contribution is -2.16. The Morgan fingerprint density at radius 3 is 2.53 bits per heavy atom. The third-order valence-electron chi connectivity index (χ3n) is 4.72. The number of hydrogen-bond acceptors (Lipinski definition) is 7. The molecule has 0 bridgehead atoms. The molecule has 0 fully saturated rings. The second-order valence-corrected chi connectivity index (χ2v) is 8.17. The van der Waals surface area contributed by atoms with E-state index in [1.54, 1.807) is 6.07 Å². The predicted molar refractivity (Wildman–Crippen MR) is 102 cm³/mol. The number of halogens is 2. The fourth-order valence-corrected chi connectivity index (χ4v) is 4.51. The number of H-pyrrole nitrogens is 1. The summed E-state index contributed by atoms with van der Waals surface area (Å²) in [5, 5.41) is 0.486. The highest BCUT2D eigenvalue weighted by Gasteiger charge is 2.26. The van der Waals surface area contributed by atoms with Crippen LogP contribution >= 0.6 is 0 Å². The van der Waals surface area contributed by atoms with Crippen molar-refractivity contribution in [3.05, 3.63) is 35.0 Å². The van der Waals surface area contributed by atoms with Gasteiger partial charge in [-0.3, -0.25) is 0 Å². The van der Waals surface area contributed by atoms with E-state index in [1.165, 1.54) is 20.4 Å². The fraction of sp³-hybridized carbons (Fsp3) is 0.333. The van der Waals surface area contributed by atoms with Gasteiger partial charge in [0.1, 0.15) is 4.90 Å². The van der Waals surface area contributed by atoms with Gasteiger partial charge in [0.2, 0.25) is 24.1 Å². The number of methoxy groups -OCH3 is 2. The molecule has 0 spiro atoms. The van der Waals surface area contributed by atoms with Crippen molar-refractivity contribution >= 4 is 26.9 Å². The number of aromatic amines is 1. The van der Waals surface area contributed by atoms with E-state index in [-0.39, 0.29) is 28.2 Å². The van der Waals surface area contributed by atoms with Crippen LogP contribution in [-0.4, -0.2) is 44.0 Å². The average Bonchev–Trinajstić information content (AvgIpc) is 3.34. The lowest BCUT2D eigenvalue weighted by molar-refractivity contribution is 0.135. The zero-order valence-electron chi connectivity index (χ0n) is 16.0. The van der Waals surface area contributed by atoms with Crippen molar-refractivity contribution in [2.45, 2.75) is 31.0 Å². The maximum atomic E-state index is 13.0. The summed E-state index contributed by atoms with van der Waals surface area (Å²) in [6.07, 6.45) is -2.02. The molecule has 1 aliphatic rings. The van der Waals surface area contributed by atoms with E-state index in [2.05, 4.69) is 19.7 Å². The molecule has 0 saturated heterocycles. The van der Waals surface area contributed by atoms with E-state index in [0.29, 0.717) is 24.1 Å². The monoisotopic (exact) mass is 440 g/mol. The first kappa shape index (κ1) is 20.3. The van der Waals surface area contributed by atoms with Crippen molar-refractivity contribution in [2.24, 2.45) is 0 Å². The summed E-state index contributed by atoms with van der Waals surface area (Å²) in [5.41, 5.74) is 2.52. The molecular weight excluding hydrogens is 422 g/mol. The minimum absolute atomic E-state index is 0.00890. The minimum Gasteiger partial charge on any atom is -0.481 e. The van der Waals surface area contributed by atoms with Crippen LogP contribution in [0.2, 0.25) is 0 Å². The normalized spacial score (nSPS) is 13.6. The van der Waals surface area contributed by atoms with Crippen LogP contribution in [0.15, 0.2) is 23.2 Å². The zero-order valence-corrected chi connectivity index (χ0v) is 16.8. The molecule has 160 valence electrons. The standard InChI is InChI=1S/C18H18F2N4O5S/c1-27-16-11(5-14(19)20)17(28-2)23-18(22-16)24-30(25,26)13-6-21-15-10(13)4-3-9-7-29-8-12(9)15/h3-4,6,14,21H,5,7-8H2,1-2H3,(H,22,23,24). The number of ether oxygens (including phenoxy) is 3. The van der Waals surface area contributed by atoms with Crippen molar-refractivity contribution < 1.29 is 31.4 Å². The van der Waals surface area contributed by atoms with Gasteiger partial charge in [-0.2, -0.15) is 9.97 Å². The van der Waals surface area contributed by atoms with Gasteiger partial charge in [-0.25, -0.2) is 21.9 Å². The quantitative estimate of drug-likeness (QED) is 0.580. The van der Waals surface area contributed by atoms with Crippen molar-refractivity contribution in [1.29, 1.82) is 0 Å². The molecule has 9 nitrogen and oxygen atoms in total. The molecular formula is C18H18F2N4O5S. The van der Waals surface area contributed by atoms with Gasteiger partial charge in [0, 0.05) is 23.6 Å². The summed E-state index contributed by atoms with van der Waals surface area (Å²) in [5.74, 6) is -0.761. The Balaban J connectivity index is 1.73. The van der Waals surface area contributed by atoms with Crippen molar-refractivity contribution in [3.63, 3.8) is 0 Å².